The molecule has 16 heteroatoms. The third-order valence-corrected chi connectivity index (χ3v) is 17.0. The van der Waals surface area contributed by atoms with Gasteiger partial charge >= 0.3 is 40.9 Å². The maximum Gasteiger partial charge on any atom is 0.336 e. The molecule has 554 valence electrons. The van der Waals surface area contributed by atoms with E-state index in [9.17, 15) is 42.0 Å². The number of rotatable bonds is 12. The van der Waals surface area contributed by atoms with Crippen molar-refractivity contribution in [1.82, 2.24) is 18.4 Å². The maximum absolute atomic E-state index is 12.4. The number of carbonyl (C=O) groups is 4. The van der Waals surface area contributed by atoms with Crippen LogP contribution in [0.4, 0.5) is 0 Å². The lowest BCUT2D eigenvalue weighted by molar-refractivity contribution is -0.156. The first kappa shape index (κ1) is 110. The van der Waals surface area contributed by atoms with Gasteiger partial charge in [-0.15, -0.1) is 13.2 Å². The molecule has 0 radical (unpaired) electrons. The smallest absolute Gasteiger partial charge is 0.336 e. The van der Waals surface area contributed by atoms with Gasteiger partial charge in [-0.3, -0.25) is 19.2 Å². The molecule has 0 spiro atoms. The van der Waals surface area contributed by atoms with E-state index < -0.39 is 27.1 Å². The summed E-state index contributed by atoms with van der Waals surface area (Å²) in [6.07, 6.45) is 10.7. The molecule has 93 heavy (non-hydrogen) atoms. The first-order valence-electron chi connectivity index (χ1n) is 29.5. The largest absolute Gasteiger partial charge is 0.393 e. The van der Waals surface area contributed by atoms with E-state index in [0.717, 1.165) is 58.6 Å². The third-order valence-electron chi connectivity index (χ3n) is 15.5. The Morgan fingerprint density at radius 3 is 1.03 bits per heavy atom. The summed E-state index contributed by atoms with van der Waals surface area (Å²) in [6.45, 7) is 51.7. The lowest BCUT2D eigenvalue weighted by Crippen LogP contribution is -2.54. The number of hydrogen-bond acceptors (Lipinski definition) is 11. The zero-order valence-electron chi connectivity index (χ0n) is 53.5. The number of esters is 4. The number of nitrogens with one attached hydrogen (secondary N) is 1. The Morgan fingerprint density at radius 1 is 0.452 bits per heavy atom. The summed E-state index contributed by atoms with van der Waals surface area (Å²) >= 11 is 0. The Balaban J connectivity index is -0.000000113. The molecule has 1 N–H and O–H groups in total. The van der Waals surface area contributed by atoms with Gasteiger partial charge in [-0.25, -0.2) is 41.2 Å². The number of aromatic nitrogens is 3. The molecule has 2 saturated heterocycles. The highest BCUT2D eigenvalue weighted by Gasteiger charge is 2.65. The number of carbonyl (C=O) groups excluding carboxylic acids is 4. The van der Waals surface area contributed by atoms with Crippen molar-refractivity contribution in [3.63, 3.8) is 0 Å². The highest BCUT2D eigenvalue weighted by Crippen LogP contribution is 2.63. The Labute approximate surface area is 575 Å². The van der Waals surface area contributed by atoms with Crippen LogP contribution in [0.25, 0.3) is 0 Å². The molecule has 2 aliphatic heterocycles. The van der Waals surface area contributed by atoms with Crippen LogP contribution in [0, 0.1) is 91.7 Å². The molecule has 4 saturated carbocycles. The predicted octanol–water partition coefficient (Wildman–Crippen LogP) is 19.9. The zero-order chi connectivity index (χ0) is 62.2. The average molecular weight is 1340 g/mol. The molecule has 0 amide bonds. The molecule has 6 aliphatic rings. The summed E-state index contributed by atoms with van der Waals surface area (Å²) in [5, 5.41) is 0. The molecule has 10 atom stereocenters. The average Bonchev–Trinajstić information content (AvgIpc) is 1.59. The van der Waals surface area contributed by atoms with Crippen molar-refractivity contribution in [3.05, 3.63) is 87.1 Å². The zero-order valence-corrected chi connectivity index (χ0v) is 54.3. The second kappa shape index (κ2) is 43.5. The minimum Gasteiger partial charge on any atom is -0.393 e. The van der Waals surface area contributed by atoms with Crippen molar-refractivity contribution in [2.24, 2.45) is 91.7 Å². The van der Waals surface area contributed by atoms with Crippen LogP contribution in [0.15, 0.2) is 74.9 Å². The molecule has 2 aromatic rings. The van der Waals surface area contributed by atoms with Gasteiger partial charge in [0.05, 0.1) is 41.7 Å². The lowest BCUT2D eigenvalue weighted by atomic mass is 9.66. The van der Waals surface area contributed by atoms with E-state index >= 15 is 0 Å². The van der Waals surface area contributed by atoms with Crippen LogP contribution < -0.4 is 21.8 Å². The molecule has 4 bridgehead atoms. The molecule has 8 rings (SSSR count). The standard InChI is InChI=1S/C16H25N3O3.C13H21NO2S.2C13H18O3.2C5H12.12CH4/c1-6-10-17-13(20)18(11-7-2)15(22)19(14(17)21)12-8-9-16(3,4)5;1-13(2,3)10-7-11-14-17(15,16)12-8-5-4-6-9-12;2*1-13(2,3)8-5-6-4-7(8)10-9(6)11(14)16-12(10)15;2*1-5(2,3)4;;;;;;;;;;;;/h6-7H,1-2,8-12H2,3-5H3;4-6,8-9,14H,7,10-11H2,1-3H3;2*6-10H,4-5H2,1-3H3;2*1-4H3;12*1H4. The first-order valence-corrected chi connectivity index (χ1v) is 31.0. The molecule has 6 fully saturated rings. The number of ether oxygens (including phenoxy) is 2. The van der Waals surface area contributed by atoms with Gasteiger partial charge in [0.2, 0.25) is 10.0 Å². The van der Waals surface area contributed by atoms with Crippen molar-refractivity contribution in [1.29, 1.82) is 0 Å². The minimum atomic E-state index is -3.33. The summed E-state index contributed by atoms with van der Waals surface area (Å²) in [7, 11) is -3.33. The van der Waals surface area contributed by atoms with Gasteiger partial charge in [-0.1, -0.05) is 258 Å². The SMILES string of the molecule is C.C.C.C.C.C.C.C.C.C.C.C.C=CCn1c(=O)n(CC=C)c(=O)n(CCCC(C)(C)C)c1=O.CC(C)(C)C.CC(C)(C)C.CC(C)(C)C1CC2CC1C1C(=O)OC(=O)C21.CC(C)(C)C1CC2CC1C1C(=O)OC(=O)C21.CC(C)(C)CCCNS(=O)(=O)c1ccccc1. The van der Waals surface area contributed by atoms with Gasteiger partial charge in [-0.05, 0) is 131 Å². The van der Waals surface area contributed by atoms with Crippen molar-refractivity contribution in [3.8, 4) is 0 Å². The van der Waals surface area contributed by atoms with Crippen LogP contribution >= 0.6 is 0 Å². The fraction of sp³-hybridized carbons (Fsp3) is 0.779. The van der Waals surface area contributed by atoms with E-state index in [-0.39, 0.29) is 171 Å². The summed E-state index contributed by atoms with van der Waals surface area (Å²) in [5.74, 6) is 1.25. The Morgan fingerprint density at radius 2 is 0.742 bits per heavy atom. The number of hydrogen-bond donors (Lipinski definition) is 1. The van der Waals surface area contributed by atoms with Crippen LogP contribution in [-0.4, -0.2) is 52.5 Å². The Bertz CT molecular complexity index is 2640. The van der Waals surface area contributed by atoms with Crippen molar-refractivity contribution in [2.45, 2.75) is 303 Å². The monoisotopic (exact) mass is 1340 g/mol. The Hall–Kier alpha value is -4.70. The molecular formula is C77H154N4O11S. The van der Waals surface area contributed by atoms with Gasteiger partial charge in [0.1, 0.15) is 0 Å². The van der Waals surface area contributed by atoms with Crippen molar-refractivity contribution >= 4 is 33.9 Å². The molecule has 10 unspecified atom stereocenters. The highest BCUT2D eigenvalue weighted by molar-refractivity contribution is 7.89. The molecule has 4 aliphatic carbocycles. The quantitative estimate of drug-likeness (QED) is 0.0918. The van der Waals surface area contributed by atoms with E-state index in [2.05, 4.69) is 156 Å². The summed E-state index contributed by atoms with van der Waals surface area (Å²) in [4.78, 5) is 83.7. The fourth-order valence-electron chi connectivity index (χ4n) is 12.2. The summed E-state index contributed by atoms with van der Waals surface area (Å²) in [6, 6.07) is 8.46. The predicted molar refractivity (Wildman–Crippen MR) is 404 cm³/mol. The second-order valence-electron chi connectivity index (χ2n) is 31.2. The molecular weight excluding hydrogens is 1190 g/mol. The van der Waals surface area contributed by atoms with Crippen LogP contribution in [0.2, 0.25) is 0 Å². The highest BCUT2D eigenvalue weighted by atomic mass is 32.2. The Kier molecular flexibility index (Phi) is 51.3. The number of benzene rings is 1. The van der Waals surface area contributed by atoms with E-state index in [0.29, 0.717) is 70.7 Å². The van der Waals surface area contributed by atoms with Gasteiger partial charge in [0, 0.05) is 13.1 Å². The lowest BCUT2D eigenvalue weighted by Gasteiger charge is -2.37. The van der Waals surface area contributed by atoms with Crippen LogP contribution in [0.5, 0.6) is 0 Å². The van der Waals surface area contributed by atoms with Crippen molar-refractivity contribution < 1.29 is 37.1 Å². The number of cyclic esters (lactones) is 4. The minimum absolute atomic E-state index is 0. The number of fused-ring (bicyclic) bond motifs is 10. The van der Waals surface area contributed by atoms with E-state index in [4.69, 9.17) is 9.47 Å². The van der Waals surface area contributed by atoms with Gasteiger partial charge in [0.25, 0.3) is 0 Å². The second-order valence-corrected chi connectivity index (χ2v) is 32.9. The first-order chi connectivity index (χ1) is 36.8. The van der Waals surface area contributed by atoms with Gasteiger partial charge < -0.3 is 9.47 Å². The van der Waals surface area contributed by atoms with Gasteiger partial charge in [-0.2, -0.15) is 0 Å². The van der Waals surface area contributed by atoms with Crippen LogP contribution in [-0.2, 0) is 58.3 Å². The topological polar surface area (TPSA) is 199 Å². The third kappa shape index (κ3) is 32.7. The number of sulfonamides is 1. The molecule has 1 aromatic carbocycles. The van der Waals surface area contributed by atoms with E-state index in [1.807, 2.05) is 0 Å². The summed E-state index contributed by atoms with van der Waals surface area (Å²) < 4.78 is 39.1. The van der Waals surface area contributed by atoms with Crippen LogP contribution in [0.3, 0.4) is 0 Å². The van der Waals surface area contributed by atoms with Gasteiger partial charge in [0.15, 0.2) is 0 Å². The van der Waals surface area contributed by atoms with E-state index in [1.54, 1.807) is 30.3 Å². The number of nitrogens with zero attached hydrogens (tertiary/aromatic N) is 3. The maximum atomic E-state index is 12.4. The molecule has 3 heterocycles. The van der Waals surface area contributed by atoms with Crippen molar-refractivity contribution in [2.75, 3.05) is 6.54 Å². The van der Waals surface area contributed by atoms with Crippen LogP contribution in [0.1, 0.15) is 279 Å². The van der Waals surface area contributed by atoms with E-state index in [1.165, 1.54) is 12.2 Å². The number of allylic oxidation sites excluding steroid dienone is 2. The normalized spacial score (nSPS) is 22.2. The summed E-state index contributed by atoms with van der Waals surface area (Å²) in [5.41, 5.74) is 0.0551. The fourth-order valence-corrected chi connectivity index (χ4v) is 13.3. The molecule has 1 aromatic heterocycles. The molecule has 15 nitrogen and oxygen atoms in total.